The lowest BCUT2D eigenvalue weighted by atomic mass is 9.86. The SMILES string of the molecule is Cc1c(-c2ccc(-c3[nH]c4ccccc4c3C(C)C)cc2)ccc2c(C(C)(C)C)c[nH]c12. The van der Waals surface area contributed by atoms with Gasteiger partial charge in [-0.3, -0.25) is 0 Å². The third-order valence-electron chi connectivity index (χ3n) is 6.73. The monoisotopic (exact) mass is 420 g/mol. The quantitative estimate of drug-likeness (QED) is 0.292. The minimum atomic E-state index is 0.127. The summed E-state index contributed by atoms with van der Waals surface area (Å²) in [7, 11) is 0. The molecule has 162 valence electrons. The lowest BCUT2D eigenvalue weighted by Crippen LogP contribution is -2.09. The number of benzene rings is 3. The predicted molar refractivity (Wildman–Crippen MR) is 139 cm³/mol. The Kier molecular flexibility index (Phi) is 4.78. The number of fused-ring (bicyclic) bond motifs is 2. The Bertz CT molecular complexity index is 1420. The molecule has 0 radical (unpaired) electrons. The number of aromatic amines is 2. The maximum absolute atomic E-state index is 3.67. The Morgan fingerprint density at radius 2 is 1.47 bits per heavy atom. The van der Waals surface area contributed by atoms with Gasteiger partial charge in [0.05, 0.1) is 0 Å². The summed E-state index contributed by atoms with van der Waals surface area (Å²) < 4.78 is 0. The molecule has 2 N–H and O–H groups in total. The van der Waals surface area contributed by atoms with Crippen LogP contribution in [0.25, 0.3) is 44.2 Å². The summed E-state index contributed by atoms with van der Waals surface area (Å²) in [5, 5.41) is 2.65. The molecule has 2 heteroatoms. The normalized spacial score (nSPS) is 12.3. The minimum Gasteiger partial charge on any atom is -0.361 e. The number of aryl methyl sites for hydroxylation is 1. The van der Waals surface area contributed by atoms with Gasteiger partial charge in [0, 0.05) is 33.7 Å². The Balaban J connectivity index is 1.58. The number of H-pyrrole nitrogens is 2. The van der Waals surface area contributed by atoms with E-state index in [9.17, 15) is 0 Å². The van der Waals surface area contributed by atoms with E-state index in [0.717, 1.165) is 0 Å². The molecule has 0 amide bonds. The van der Waals surface area contributed by atoms with Gasteiger partial charge in [0.25, 0.3) is 0 Å². The van der Waals surface area contributed by atoms with Crippen molar-refractivity contribution in [3.05, 3.63) is 83.6 Å². The zero-order valence-electron chi connectivity index (χ0n) is 19.9. The van der Waals surface area contributed by atoms with Crippen molar-refractivity contribution in [2.75, 3.05) is 0 Å². The van der Waals surface area contributed by atoms with Gasteiger partial charge >= 0.3 is 0 Å². The first-order valence-electron chi connectivity index (χ1n) is 11.6. The van der Waals surface area contributed by atoms with E-state index < -0.39 is 0 Å². The number of hydrogen-bond donors (Lipinski definition) is 2. The van der Waals surface area contributed by atoms with Gasteiger partial charge in [-0.25, -0.2) is 0 Å². The summed E-state index contributed by atoms with van der Waals surface area (Å²) in [5.74, 6) is 0.454. The number of nitrogens with one attached hydrogen (secondary N) is 2. The van der Waals surface area contributed by atoms with E-state index in [4.69, 9.17) is 0 Å². The van der Waals surface area contributed by atoms with Crippen molar-refractivity contribution in [3.8, 4) is 22.4 Å². The van der Waals surface area contributed by atoms with Crippen molar-refractivity contribution < 1.29 is 0 Å². The van der Waals surface area contributed by atoms with Gasteiger partial charge in [0.15, 0.2) is 0 Å². The second-order valence-corrected chi connectivity index (χ2v) is 10.3. The lowest BCUT2D eigenvalue weighted by molar-refractivity contribution is 0.596. The molecule has 2 heterocycles. The average molecular weight is 421 g/mol. The van der Waals surface area contributed by atoms with Crippen LogP contribution in [0.5, 0.6) is 0 Å². The van der Waals surface area contributed by atoms with Crippen LogP contribution in [0, 0.1) is 6.92 Å². The summed E-state index contributed by atoms with van der Waals surface area (Å²) >= 11 is 0. The summed E-state index contributed by atoms with van der Waals surface area (Å²) in [6.45, 7) is 13.6. The van der Waals surface area contributed by atoms with Crippen LogP contribution in [0.1, 0.15) is 57.2 Å². The van der Waals surface area contributed by atoms with Gasteiger partial charge < -0.3 is 9.97 Å². The first kappa shape index (κ1) is 20.6. The molecule has 0 saturated carbocycles. The smallest absolute Gasteiger partial charge is 0.0499 e. The van der Waals surface area contributed by atoms with Crippen LogP contribution in [0.2, 0.25) is 0 Å². The molecule has 0 atom stereocenters. The summed E-state index contributed by atoms with van der Waals surface area (Å²) in [4.78, 5) is 7.21. The first-order chi connectivity index (χ1) is 15.3. The van der Waals surface area contributed by atoms with Gasteiger partial charge in [-0.2, -0.15) is 0 Å². The fraction of sp³-hybridized carbons (Fsp3) is 0.267. The fourth-order valence-electron chi connectivity index (χ4n) is 5.08. The topological polar surface area (TPSA) is 31.6 Å². The highest BCUT2D eigenvalue weighted by Gasteiger charge is 2.20. The first-order valence-corrected chi connectivity index (χ1v) is 11.6. The molecule has 2 nitrogen and oxygen atoms in total. The zero-order valence-corrected chi connectivity index (χ0v) is 19.9. The predicted octanol–water partition coefficient (Wildman–Crippen LogP) is 8.71. The summed E-state index contributed by atoms with van der Waals surface area (Å²) in [5.41, 5.74) is 11.7. The van der Waals surface area contributed by atoms with Crippen LogP contribution in [0.3, 0.4) is 0 Å². The van der Waals surface area contributed by atoms with Crippen LogP contribution < -0.4 is 0 Å². The van der Waals surface area contributed by atoms with Crippen LogP contribution in [0.15, 0.2) is 66.9 Å². The molecule has 0 unspecified atom stereocenters. The molecular formula is C30H32N2. The minimum absolute atomic E-state index is 0.127. The number of aromatic nitrogens is 2. The fourth-order valence-corrected chi connectivity index (χ4v) is 5.08. The molecule has 0 aliphatic heterocycles. The van der Waals surface area contributed by atoms with Crippen LogP contribution in [-0.2, 0) is 5.41 Å². The van der Waals surface area contributed by atoms with Gasteiger partial charge in [-0.05, 0) is 57.7 Å². The second kappa shape index (κ2) is 7.41. The Labute approximate surface area is 190 Å². The van der Waals surface area contributed by atoms with Gasteiger partial charge in [0.1, 0.15) is 0 Å². The van der Waals surface area contributed by atoms with Crippen molar-refractivity contribution in [1.29, 1.82) is 0 Å². The highest BCUT2D eigenvalue weighted by atomic mass is 14.7. The lowest BCUT2D eigenvalue weighted by Gasteiger charge is -2.18. The molecule has 5 aromatic rings. The van der Waals surface area contributed by atoms with Crippen molar-refractivity contribution in [2.24, 2.45) is 0 Å². The second-order valence-electron chi connectivity index (χ2n) is 10.3. The highest BCUT2D eigenvalue weighted by Crippen LogP contribution is 2.38. The molecule has 3 aromatic carbocycles. The molecular weight excluding hydrogens is 388 g/mol. The van der Waals surface area contributed by atoms with E-state index in [-0.39, 0.29) is 5.41 Å². The molecule has 32 heavy (non-hydrogen) atoms. The highest BCUT2D eigenvalue weighted by molar-refractivity contribution is 5.93. The Morgan fingerprint density at radius 1 is 0.781 bits per heavy atom. The zero-order chi connectivity index (χ0) is 22.6. The average Bonchev–Trinajstić information content (AvgIpc) is 3.36. The molecule has 0 aliphatic rings. The van der Waals surface area contributed by atoms with Crippen LogP contribution >= 0.6 is 0 Å². The van der Waals surface area contributed by atoms with Crippen molar-refractivity contribution in [2.45, 2.75) is 52.9 Å². The van der Waals surface area contributed by atoms with E-state index in [1.54, 1.807) is 0 Å². The molecule has 5 rings (SSSR count). The van der Waals surface area contributed by atoms with Gasteiger partial charge in [-0.15, -0.1) is 0 Å². The van der Waals surface area contributed by atoms with Crippen molar-refractivity contribution in [1.82, 2.24) is 9.97 Å². The molecule has 0 spiro atoms. The van der Waals surface area contributed by atoms with Gasteiger partial charge in [-0.1, -0.05) is 89.2 Å². The molecule has 2 aromatic heterocycles. The Morgan fingerprint density at radius 3 is 2.16 bits per heavy atom. The number of para-hydroxylation sites is 1. The van der Waals surface area contributed by atoms with E-state index in [1.165, 1.54) is 60.9 Å². The number of hydrogen-bond acceptors (Lipinski definition) is 0. The summed E-state index contributed by atoms with van der Waals surface area (Å²) in [6.07, 6.45) is 2.17. The molecule has 0 aliphatic carbocycles. The molecule has 0 saturated heterocycles. The molecule has 0 fully saturated rings. The largest absolute Gasteiger partial charge is 0.361 e. The van der Waals surface area contributed by atoms with Crippen LogP contribution in [-0.4, -0.2) is 9.97 Å². The maximum Gasteiger partial charge on any atom is 0.0499 e. The molecule has 0 bridgehead atoms. The Hall–Kier alpha value is -3.26. The van der Waals surface area contributed by atoms with E-state index in [0.29, 0.717) is 5.92 Å². The van der Waals surface area contributed by atoms with Crippen molar-refractivity contribution in [3.63, 3.8) is 0 Å². The van der Waals surface area contributed by atoms with E-state index in [1.807, 2.05) is 0 Å². The van der Waals surface area contributed by atoms with Crippen molar-refractivity contribution >= 4 is 21.8 Å². The van der Waals surface area contributed by atoms with Crippen LogP contribution in [0.4, 0.5) is 0 Å². The third-order valence-corrected chi connectivity index (χ3v) is 6.73. The summed E-state index contributed by atoms with van der Waals surface area (Å²) in [6, 6.07) is 22.2. The third kappa shape index (κ3) is 3.26. The van der Waals surface area contributed by atoms with E-state index >= 15 is 0 Å². The van der Waals surface area contributed by atoms with Gasteiger partial charge in [0.2, 0.25) is 0 Å². The number of rotatable bonds is 3. The maximum atomic E-state index is 3.67. The standard InChI is InChI=1S/C30H32N2/c1-18(2)27-24-9-7-8-10-26(24)32-29(27)21-13-11-20(12-14-21)22-15-16-23-25(30(4,5)6)17-31-28(23)19(22)3/h7-18,31-32H,1-6H3. The van der Waals surface area contributed by atoms with E-state index in [2.05, 4.69) is 118 Å².